The van der Waals surface area contributed by atoms with Gasteiger partial charge in [-0.05, 0) is 24.6 Å². The maximum absolute atomic E-state index is 12.6. The summed E-state index contributed by atoms with van der Waals surface area (Å²) in [6.45, 7) is 3.00. The molecule has 0 aliphatic rings. The summed E-state index contributed by atoms with van der Waals surface area (Å²) in [6, 6.07) is 2.56. The zero-order valence-electron chi connectivity index (χ0n) is 9.93. The summed E-state index contributed by atoms with van der Waals surface area (Å²) in [5.74, 6) is -0.870. The highest BCUT2D eigenvalue weighted by atomic mass is 19.1. The maximum atomic E-state index is 12.6. The van der Waals surface area contributed by atoms with Crippen LogP contribution in [0, 0.1) is 12.9 Å². The van der Waals surface area contributed by atoms with E-state index in [0.29, 0.717) is 18.7 Å². The van der Waals surface area contributed by atoms with Crippen LogP contribution in [0.2, 0.25) is 0 Å². The topological polar surface area (TPSA) is 59.8 Å². The van der Waals surface area contributed by atoms with Crippen molar-refractivity contribution in [1.82, 2.24) is 20.1 Å². The van der Waals surface area contributed by atoms with Crippen molar-refractivity contribution < 1.29 is 9.18 Å². The lowest BCUT2D eigenvalue weighted by atomic mass is 10.2. The van der Waals surface area contributed by atoms with Gasteiger partial charge < -0.3 is 5.32 Å². The Morgan fingerprint density at radius 3 is 2.89 bits per heavy atom. The largest absolute Gasteiger partial charge is 0.350 e. The minimum atomic E-state index is -0.599. The summed E-state index contributed by atoms with van der Waals surface area (Å²) in [5.41, 5.74) is 1.41. The molecule has 0 unspecified atom stereocenters. The van der Waals surface area contributed by atoms with Crippen molar-refractivity contribution in [2.24, 2.45) is 0 Å². The lowest BCUT2D eigenvalue weighted by Crippen LogP contribution is -2.27. The lowest BCUT2D eigenvalue weighted by Gasteiger charge is -2.05. The van der Waals surface area contributed by atoms with Gasteiger partial charge in [-0.25, -0.2) is 4.98 Å². The molecule has 0 atom stereocenters. The molecule has 0 aromatic carbocycles. The second-order valence-corrected chi connectivity index (χ2v) is 3.91. The van der Waals surface area contributed by atoms with Crippen LogP contribution in [-0.2, 0) is 6.54 Å². The van der Waals surface area contributed by atoms with Gasteiger partial charge in [-0.15, -0.1) is 0 Å². The van der Waals surface area contributed by atoms with E-state index >= 15 is 0 Å². The second kappa shape index (κ2) is 5.39. The Kier molecular flexibility index (Phi) is 3.66. The summed E-state index contributed by atoms with van der Waals surface area (Å²) < 4.78 is 14.3. The van der Waals surface area contributed by atoms with Crippen molar-refractivity contribution in [3.63, 3.8) is 0 Å². The number of nitrogens with one attached hydrogen (secondary N) is 1. The van der Waals surface area contributed by atoms with E-state index in [1.165, 1.54) is 12.3 Å². The Bertz CT molecular complexity index is 535. The van der Waals surface area contributed by atoms with E-state index < -0.39 is 5.95 Å². The van der Waals surface area contributed by atoms with Crippen LogP contribution in [0.4, 0.5) is 4.39 Å². The summed E-state index contributed by atoms with van der Waals surface area (Å²) in [7, 11) is 0. The van der Waals surface area contributed by atoms with Crippen LogP contribution in [0.15, 0.2) is 30.7 Å². The van der Waals surface area contributed by atoms with Crippen molar-refractivity contribution in [1.29, 1.82) is 0 Å². The summed E-state index contributed by atoms with van der Waals surface area (Å²) in [6.07, 6.45) is 4.86. The third-order valence-corrected chi connectivity index (χ3v) is 2.38. The molecule has 6 heteroatoms. The van der Waals surface area contributed by atoms with E-state index in [0.717, 1.165) is 11.6 Å². The smallest absolute Gasteiger partial charge is 0.252 e. The number of aryl methyl sites for hydroxylation is 1. The molecular formula is C12H13FN4O. The van der Waals surface area contributed by atoms with Gasteiger partial charge in [0, 0.05) is 18.9 Å². The molecule has 1 N–H and O–H groups in total. The predicted octanol–water partition coefficient (Wildman–Crippen LogP) is 1.16. The van der Waals surface area contributed by atoms with Gasteiger partial charge in [0.2, 0.25) is 5.95 Å². The number of carbonyl (C=O) groups excluding carboxylic acids is 1. The summed E-state index contributed by atoms with van der Waals surface area (Å²) in [4.78, 5) is 15.1. The number of pyridine rings is 1. The fourth-order valence-electron chi connectivity index (χ4n) is 1.49. The van der Waals surface area contributed by atoms with Crippen LogP contribution in [-0.4, -0.2) is 27.2 Å². The number of amides is 1. The van der Waals surface area contributed by atoms with Gasteiger partial charge in [0.05, 0.1) is 18.3 Å². The quantitative estimate of drug-likeness (QED) is 0.826. The van der Waals surface area contributed by atoms with E-state index in [2.05, 4.69) is 15.4 Å². The minimum Gasteiger partial charge on any atom is -0.350 e. The van der Waals surface area contributed by atoms with Gasteiger partial charge >= 0.3 is 0 Å². The first-order valence-electron chi connectivity index (χ1n) is 5.54. The molecule has 5 nitrogen and oxygen atoms in total. The van der Waals surface area contributed by atoms with Crippen LogP contribution in [0.5, 0.6) is 0 Å². The molecule has 0 fully saturated rings. The SMILES string of the molecule is Cc1cnn(CCNC(=O)c2ccc(F)nc2)c1. The van der Waals surface area contributed by atoms with E-state index in [-0.39, 0.29) is 5.91 Å². The highest BCUT2D eigenvalue weighted by Crippen LogP contribution is 1.98. The number of halogens is 1. The molecule has 0 saturated carbocycles. The fourth-order valence-corrected chi connectivity index (χ4v) is 1.49. The molecule has 2 aromatic rings. The van der Waals surface area contributed by atoms with Crippen molar-refractivity contribution in [3.05, 3.63) is 47.8 Å². The molecule has 1 amide bonds. The first-order chi connectivity index (χ1) is 8.65. The van der Waals surface area contributed by atoms with E-state index in [1.807, 2.05) is 13.1 Å². The maximum Gasteiger partial charge on any atom is 0.252 e. The Morgan fingerprint density at radius 1 is 1.44 bits per heavy atom. The van der Waals surface area contributed by atoms with Crippen molar-refractivity contribution in [3.8, 4) is 0 Å². The normalized spacial score (nSPS) is 10.3. The highest BCUT2D eigenvalue weighted by molar-refractivity contribution is 5.93. The molecule has 2 heterocycles. The molecule has 0 saturated heterocycles. The van der Waals surface area contributed by atoms with Gasteiger partial charge in [0.25, 0.3) is 5.91 Å². The summed E-state index contributed by atoms with van der Waals surface area (Å²) >= 11 is 0. The molecule has 0 aliphatic carbocycles. The van der Waals surface area contributed by atoms with Gasteiger partial charge in [-0.2, -0.15) is 9.49 Å². The minimum absolute atomic E-state index is 0.272. The monoisotopic (exact) mass is 248 g/mol. The number of nitrogens with zero attached hydrogens (tertiary/aromatic N) is 3. The molecule has 94 valence electrons. The predicted molar refractivity (Wildman–Crippen MR) is 63.5 cm³/mol. The van der Waals surface area contributed by atoms with Gasteiger partial charge in [-0.1, -0.05) is 0 Å². The Labute approximate surface area is 104 Å². The van der Waals surface area contributed by atoms with E-state index in [4.69, 9.17) is 0 Å². The first kappa shape index (κ1) is 12.2. The standard InChI is InChI=1S/C12H13FN4O/c1-9-6-16-17(8-9)5-4-14-12(18)10-2-3-11(13)15-7-10/h2-3,6-8H,4-5H2,1H3,(H,14,18). The van der Waals surface area contributed by atoms with Crippen LogP contribution in [0.25, 0.3) is 0 Å². The third kappa shape index (κ3) is 3.13. The van der Waals surface area contributed by atoms with Crippen molar-refractivity contribution >= 4 is 5.91 Å². The van der Waals surface area contributed by atoms with Crippen molar-refractivity contribution in [2.75, 3.05) is 6.54 Å². The lowest BCUT2D eigenvalue weighted by molar-refractivity contribution is 0.0951. The number of rotatable bonds is 4. The van der Waals surface area contributed by atoms with E-state index in [1.54, 1.807) is 10.9 Å². The van der Waals surface area contributed by atoms with Gasteiger partial charge in [0.15, 0.2) is 0 Å². The Morgan fingerprint density at radius 2 is 2.28 bits per heavy atom. The van der Waals surface area contributed by atoms with E-state index in [9.17, 15) is 9.18 Å². The average molecular weight is 248 g/mol. The number of hydrogen-bond donors (Lipinski definition) is 1. The summed E-state index contributed by atoms with van der Waals surface area (Å²) in [5, 5.41) is 6.81. The zero-order chi connectivity index (χ0) is 13.0. The molecule has 2 rings (SSSR count). The second-order valence-electron chi connectivity index (χ2n) is 3.91. The van der Waals surface area contributed by atoms with Crippen molar-refractivity contribution in [2.45, 2.75) is 13.5 Å². The average Bonchev–Trinajstić information content (AvgIpc) is 2.76. The zero-order valence-corrected chi connectivity index (χ0v) is 9.93. The molecular weight excluding hydrogens is 235 g/mol. The number of hydrogen-bond acceptors (Lipinski definition) is 3. The van der Waals surface area contributed by atoms with Crippen LogP contribution < -0.4 is 5.32 Å². The highest BCUT2D eigenvalue weighted by Gasteiger charge is 2.05. The van der Waals surface area contributed by atoms with Gasteiger partial charge in [0.1, 0.15) is 0 Å². The molecule has 0 radical (unpaired) electrons. The number of aromatic nitrogens is 3. The molecule has 0 aliphatic heterocycles. The number of carbonyl (C=O) groups is 1. The van der Waals surface area contributed by atoms with Crippen LogP contribution in [0.1, 0.15) is 15.9 Å². The van der Waals surface area contributed by atoms with Crippen LogP contribution >= 0.6 is 0 Å². The third-order valence-electron chi connectivity index (χ3n) is 2.38. The van der Waals surface area contributed by atoms with Gasteiger partial charge in [-0.3, -0.25) is 9.48 Å². The molecule has 0 bridgehead atoms. The first-order valence-corrected chi connectivity index (χ1v) is 5.54. The van der Waals surface area contributed by atoms with Crippen LogP contribution in [0.3, 0.4) is 0 Å². The molecule has 18 heavy (non-hydrogen) atoms. The molecule has 2 aromatic heterocycles. The Hall–Kier alpha value is -2.24. The fraction of sp³-hybridized carbons (Fsp3) is 0.250. The Balaban J connectivity index is 1.83. The molecule has 0 spiro atoms.